The van der Waals surface area contributed by atoms with Gasteiger partial charge in [-0.25, -0.2) is 4.79 Å². The van der Waals surface area contributed by atoms with Crippen LogP contribution in [0.2, 0.25) is 0 Å². The molecule has 0 unspecified atom stereocenters. The Morgan fingerprint density at radius 3 is 2.17 bits per heavy atom. The maximum atomic E-state index is 11.8. The molecular formula is C25H31ClN4O5. The molecule has 0 radical (unpaired) electrons. The number of aromatic nitrogens is 1. The Hall–Kier alpha value is -3.98. The highest BCUT2D eigenvalue weighted by molar-refractivity contribution is 5.96. The molecule has 188 valence electrons. The van der Waals surface area contributed by atoms with Crippen molar-refractivity contribution in [3.8, 4) is 17.0 Å². The van der Waals surface area contributed by atoms with Gasteiger partial charge in [0.05, 0.1) is 13.2 Å². The molecule has 35 heavy (non-hydrogen) atoms. The van der Waals surface area contributed by atoms with Gasteiger partial charge in [0.15, 0.2) is 0 Å². The second-order valence-corrected chi connectivity index (χ2v) is 7.04. The third-order valence-corrected chi connectivity index (χ3v) is 4.40. The van der Waals surface area contributed by atoms with Crippen molar-refractivity contribution < 1.29 is 23.8 Å². The van der Waals surface area contributed by atoms with Crippen molar-refractivity contribution in [2.24, 2.45) is 5.73 Å². The summed E-state index contributed by atoms with van der Waals surface area (Å²) >= 11 is 0. The molecule has 10 heteroatoms. The quantitative estimate of drug-likeness (QED) is 0.193. The van der Waals surface area contributed by atoms with Crippen LogP contribution in [0.15, 0.2) is 60.7 Å². The average Bonchev–Trinajstić information content (AvgIpc) is 3.21. The SMILES string of the molecule is CCOC(=O)CC(=N)N.CCOC(=O)c1cc(-c2ccc(OCc3ccccc3)cc2)[nH]c1N.Cl. The Balaban J connectivity index is 0.000000526. The van der Waals surface area contributed by atoms with Crippen LogP contribution >= 0.6 is 12.4 Å². The van der Waals surface area contributed by atoms with E-state index >= 15 is 0 Å². The van der Waals surface area contributed by atoms with Crippen LogP contribution in [0.4, 0.5) is 5.82 Å². The third-order valence-electron chi connectivity index (χ3n) is 4.40. The Bertz CT molecular complexity index is 1080. The monoisotopic (exact) mass is 502 g/mol. The molecule has 9 nitrogen and oxygen atoms in total. The minimum absolute atomic E-state index is 0. The van der Waals surface area contributed by atoms with E-state index in [1.54, 1.807) is 19.9 Å². The van der Waals surface area contributed by atoms with Gasteiger partial charge in [0.2, 0.25) is 0 Å². The first-order valence-electron chi connectivity index (χ1n) is 10.7. The number of hydrogen-bond donors (Lipinski definition) is 4. The van der Waals surface area contributed by atoms with E-state index in [1.807, 2.05) is 54.6 Å². The number of H-pyrrole nitrogens is 1. The molecule has 0 saturated carbocycles. The summed E-state index contributed by atoms with van der Waals surface area (Å²) in [7, 11) is 0. The average molecular weight is 503 g/mol. The first-order chi connectivity index (χ1) is 16.3. The fourth-order valence-corrected chi connectivity index (χ4v) is 2.84. The minimum Gasteiger partial charge on any atom is -0.489 e. The molecule has 0 spiro atoms. The molecule has 1 heterocycles. The molecular weight excluding hydrogens is 472 g/mol. The predicted octanol–water partition coefficient (Wildman–Crippen LogP) is 4.32. The van der Waals surface area contributed by atoms with Gasteiger partial charge in [-0.05, 0) is 55.3 Å². The van der Waals surface area contributed by atoms with Crippen LogP contribution in [0, 0.1) is 5.41 Å². The van der Waals surface area contributed by atoms with E-state index in [0.717, 1.165) is 22.6 Å². The largest absolute Gasteiger partial charge is 0.489 e. The van der Waals surface area contributed by atoms with Crippen molar-refractivity contribution in [1.82, 2.24) is 4.98 Å². The molecule has 0 bridgehead atoms. The van der Waals surface area contributed by atoms with Crippen molar-refractivity contribution >= 4 is 36.0 Å². The highest BCUT2D eigenvalue weighted by Crippen LogP contribution is 2.26. The van der Waals surface area contributed by atoms with E-state index < -0.39 is 11.9 Å². The van der Waals surface area contributed by atoms with Crippen LogP contribution < -0.4 is 16.2 Å². The topological polar surface area (TPSA) is 154 Å². The number of amidine groups is 1. The first-order valence-corrected chi connectivity index (χ1v) is 10.7. The molecule has 1 aromatic heterocycles. The zero-order chi connectivity index (χ0) is 24.9. The normalized spacial score (nSPS) is 9.66. The molecule has 0 saturated heterocycles. The summed E-state index contributed by atoms with van der Waals surface area (Å²) in [6.45, 7) is 4.63. The van der Waals surface area contributed by atoms with E-state index in [-0.39, 0.29) is 24.7 Å². The van der Waals surface area contributed by atoms with Crippen molar-refractivity contribution in [3.05, 3.63) is 71.8 Å². The number of nitrogens with two attached hydrogens (primary N) is 2. The maximum absolute atomic E-state index is 11.8. The standard InChI is InChI=1S/C20H20N2O3.C5H10N2O2.ClH/c1-2-24-20(23)17-12-18(22-19(17)21)15-8-10-16(11-9-15)25-13-14-6-4-3-5-7-14;1-2-9-5(8)3-4(6)7;/h3-12,22H,2,13,21H2,1H3;2-3H2,1H3,(H3,6,7);1H. The number of hydrogen-bond acceptors (Lipinski definition) is 7. The summed E-state index contributed by atoms with van der Waals surface area (Å²) in [4.78, 5) is 25.3. The highest BCUT2D eigenvalue weighted by Gasteiger charge is 2.15. The zero-order valence-corrected chi connectivity index (χ0v) is 20.5. The van der Waals surface area contributed by atoms with Gasteiger partial charge in [0.1, 0.15) is 36.0 Å². The van der Waals surface area contributed by atoms with E-state index in [4.69, 9.17) is 26.4 Å². The number of benzene rings is 2. The molecule has 0 aliphatic rings. The van der Waals surface area contributed by atoms with Crippen molar-refractivity contribution in [2.45, 2.75) is 26.9 Å². The fraction of sp³-hybridized carbons (Fsp3) is 0.240. The van der Waals surface area contributed by atoms with Crippen molar-refractivity contribution in [2.75, 3.05) is 18.9 Å². The number of nitrogens with one attached hydrogen (secondary N) is 2. The Morgan fingerprint density at radius 1 is 0.971 bits per heavy atom. The summed E-state index contributed by atoms with van der Waals surface area (Å²) < 4.78 is 15.3. The third kappa shape index (κ3) is 9.81. The van der Waals surface area contributed by atoms with Gasteiger partial charge >= 0.3 is 11.9 Å². The Kier molecular flexibility index (Phi) is 12.5. The van der Waals surface area contributed by atoms with Gasteiger partial charge in [-0.15, -0.1) is 12.4 Å². The lowest BCUT2D eigenvalue weighted by Gasteiger charge is -2.07. The van der Waals surface area contributed by atoms with Crippen molar-refractivity contribution in [3.63, 3.8) is 0 Å². The van der Waals surface area contributed by atoms with E-state index in [1.165, 1.54) is 0 Å². The molecule has 0 aliphatic carbocycles. The van der Waals surface area contributed by atoms with Gasteiger partial charge in [-0.1, -0.05) is 30.3 Å². The van der Waals surface area contributed by atoms with Gasteiger partial charge in [0, 0.05) is 5.69 Å². The number of ether oxygens (including phenoxy) is 3. The van der Waals surface area contributed by atoms with Crippen molar-refractivity contribution in [1.29, 1.82) is 5.41 Å². The maximum Gasteiger partial charge on any atom is 0.341 e. The number of nitrogen functional groups attached to an aromatic ring is 1. The van der Waals surface area contributed by atoms with Gasteiger partial charge in [-0.3, -0.25) is 10.2 Å². The zero-order valence-electron chi connectivity index (χ0n) is 19.7. The van der Waals surface area contributed by atoms with Crippen LogP contribution in [0.25, 0.3) is 11.3 Å². The summed E-state index contributed by atoms with van der Waals surface area (Å²) in [5.74, 6) is 0.0550. The summed E-state index contributed by atoms with van der Waals surface area (Å²) in [6, 6.07) is 19.3. The number of anilines is 1. The number of rotatable bonds is 9. The molecule has 3 aromatic rings. The van der Waals surface area contributed by atoms with Crippen LogP contribution in [-0.2, 0) is 20.9 Å². The first kappa shape index (κ1) is 29.1. The smallest absolute Gasteiger partial charge is 0.341 e. The van der Waals surface area contributed by atoms with Gasteiger partial charge in [0.25, 0.3) is 0 Å². The van der Waals surface area contributed by atoms with Crippen LogP contribution in [0.1, 0.15) is 36.2 Å². The molecule has 0 atom stereocenters. The number of carbonyl (C=O) groups excluding carboxylic acids is 2. The molecule has 3 rings (SSSR count). The Morgan fingerprint density at radius 2 is 1.60 bits per heavy atom. The lowest BCUT2D eigenvalue weighted by Crippen LogP contribution is -2.17. The summed E-state index contributed by atoms with van der Waals surface area (Å²) in [6.07, 6.45) is -0.103. The lowest BCUT2D eigenvalue weighted by molar-refractivity contribution is -0.141. The predicted molar refractivity (Wildman–Crippen MR) is 138 cm³/mol. The molecule has 0 amide bonds. The van der Waals surface area contributed by atoms with Crippen LogP contribution in [0.5, 0.6) is 5.75 Å². The lowest BCUT2D eigenvalue weighted by atomic mass is 10.1. The number of carbonyl (C=O) groups is 2. The van der Waals surface area contributed by atoms with Gasteiger partial charge < -0.3 is 30.7 Å². The van der Waals surface area contributed by atoms with Crippen LogP contribution in [-0.4, -0.2) is 36.0 Å². The molecule has 0 fully saturated rings. The van der Waals surface area contributed by atoms with Crippen LogP contribution in [0.3, 0.4) is 0 Å². The number of esters is 2. The highest BCUT2D eigenvalue weighted by atomic mass is 35.5. The summed E-state index contributed by atoms with van der Waals surface area (Å²) in [5, 5.41) is 6.68. The van der Waals surface area contributed by atoms with E-state index in [0.29, 0.717) is 31.2 Å². The second kappa shape index (κ2) is 15.0. The number of aromatic amines is 1. The van der Waals surface area contributed by atoms with E-state index in [2.05, 4.69) is 9.72 Å². The summed E-state index contributed by atoms with van der Waals surface area (Å²) in [5.41, 5.74) is 13.9. The Labute approximate surface area is 210 Å². The minimum atomic E-state index is -0.440. The fourth-order valence-electron chi connectivity index (χ4n) is 2.84. The molecule has 6 N–H and O–H groups in total. The molecule has 2 aromatic carbocycles. The van der Waals surface area contributed by atoms with E-state index in [9.17, 15) is 9.59 Å². The molecule has 0 aliphatic heterocycles. The number of halogens is 1. The van der Waals surface area contributed by atoms with Gasteiger partial charge in [-0.2, -0.15) is 0 Å². The second-order valence-electron chi connectivity index (χ2n) is 7.04.